The Morgan fingerprint density at radius 2 is 1.70 bits per heavy atom. The van der Waals surface area contributed by atoms with Crippen LogP contribution in [-0.2, 0) is 15.8 Å². The van der Waals surface area contributed by atoms with Crippen LogP contribution < -0.4 is 20.9 Å². The minimum absolute atomic E-state index is 0.0950. The Labute approximate surface area is 155 Å². The van der Waals surface area contributed by atoms with Crippen molar-refractivity contribution >= 4 is 23.5 Å². The zero-order chi connectivity index (χ0) is 20.6. The molecule has 0 saturated heterocycles. The SMILES string of the molecule is CC[C@@H](C)NC(=O)NC(=O)C[NH+](C)CC(=O)Nc1ccccc1C(F)(F)F. The highest BCUT2D eigenvalue weighted by molar-refractivity contribution is 5.95. The van der Waals surface area contributed by atoms with Gasteiger partial charge in [0, 0.05) is 6.04 Å². The molecule has 0 radical (unpaired) electrons. The molecule has 0 bridgehead atoms. The van der Waals surface area contributed by atoms with E-state index in [4.69, 9.17) is 0 Å². The van der Waals surface area contributed by atoms with Crippen LogP contribution in [0.1, 0.15) is 25.8 Å². The fourth-order valence-corrected chi connectivity index (χ4v) is 2.18. The molecule has 0 heterocycles. The third-order valence-corrected chi connectivity index (χ3v) is 3.67. The van der Waals surface area contributed by atoms with Crippen LogP contribution >= 0.6 is 0 Å². The summed E-state index contributed by atoms with van der Waals surface area (Å²) in [5.41, 5.74) is -1.30. The molecule has 27 heavy (non-hydrogen) atoms. The number of hydrogen-bond donors (Lipinski definition) is 4. The molecule has 1 aromatic rings. The molecular weight excluding hydrogens is 365 g/mol. The maximum atomic E-state index is 12.9. The maximum absolute atomic E-state index is 12.9. The van der Waals surface area contributed by atoms with E-state index >= 15 is 0 Å². The van der Waals surface area contributed by atoms with Gasteiger partial charge in [-0.05, 0) is 25.5 Å². The van der Waals surface area contributed by atoms with E-state index in [-0.39, 0.29) is 24.8 Å². The van der Waals surface area contributed by atoms with Gasteiger partial charge in [-0.15, -0.1) is 0 Å². The second kappa shape index (κ2) is 9.91. The number of rotatable bonds is 7. The van der Waals surface area contributed by atoms with Gasteiger partial charge in [0.25, 0.3) is 11.8 Å². The van der Waals surface area contributed by atoms with Crippen molar-refractivity contribution in [3.8, 4) is 0 Å². The van der Waals surface area contributed by atoms with Crippen molar-refractivity contribution in [3.63, 3.8) is 0 Å². The van der Waals surface area contributed by atoms with Gasteiger partial charge in [0.2, 0.25) is 0 Å². The monoisotopic (exact) mass is 389 g/mol. The number of likely N-dealkylation sites (N-methyl/N-ethyl adjacent to an activating group) is 1. The van der Waals surface area contributed by atoms with Crippen LogP contribution in [0.25, 0.3) is 0 Å². The number of benzene rings is 1. The number of halogens is 3. The number of nitrogens with one attached hydrogen (secondary N) is 4. The third-order valence-electron chi connectivity index (χ3n) is 3.67. The molecule has 4 amide bonds. The summed E-state index contributed by atoms with van der Waals surface area (Å²) in [6.45, 7) is 3.22. The highest BCUT2D eigenvalue weighted by Gasteiger charge is 2.33. The molecule has 0 fully saturated rings. The first kappa shape index (κ1) is 22.4. The summed E-state index contributed by atoms with van der Waals surface area (Å²) >= 11 is 0. The molecule has 150 valence electrons. The lowest BCUT2D eigenvalue weighted by atomic mass is 10.1. The van der Waals surface area contributed by atoms with Crippen LogP contribution in [-0.4, -0.2) is 44.0 Å². The number of anilines is 1. The summed E-state index contributed by atoms with van der Waals surface area (Å²) in [5, 5.41) is 6.90. The Balaban J connectivity index is 2.54. The van der Waals surface area contributed by atoms with Crippen LogP contribution in [0.4, 0.5) is 23.7 Å². The zero-order valence-electron chi connectivity index (χ0n) is 15.4. The second-order valence-corrected chi connectivity index (χ2v) is 6.23. The van der Waals surface area contributed by atoms with Gasteiger partial charge in [-0.25, -0.2) is 4.79 Å². The fourth-order valence-electron chi connectivity index (χ4n) is 2.18. The van der Waals surface area contributed by atoms with Crippen molar-refractivity contribution in [3.05, 3.63) is 29.8 Å². The number of imide groups is 1. The minimum Gasteiger partial charge on any atom is -0.335 e. The molecule has 0 aliphatic rings. The van der Waals surface area contributed by atoms with Crippen molar-refractivity contribution in [2.45, 2.75) is 32.5 Å². The van der Waals surface area contributed by atoms with Crippen molar-refractivity contribution in [2.24, 2.45) is 0 Å². The predicted octanol–water partition coefficient (Wildman–Crippen LogP) is 0.783. The smallest absolute Gasteiger partial charge is 0.335 e. The molecular formula is C17H24F3N4O3+. The van der Waals surface area contributed by atoms with Gasteiger partial charge in [0.05, 0.1) is 18.3 Å². The summed E-state index contributed by atoms with van der Waals surface area (Å²) in [7, 11) is 1.52. The van der Waals surface area contributed by atoms with E-state index < -0.39 is 29.6 Å². The van der Waals surface area contributed by atoms with Crippen LogP contribution in [0.15, 0.2) is 24.3 Å². The number of para-hydroxylation sites is 1. The predicted molar refractivity (Wildman–Crippen MR) is 93.1 cm³/mol. The van der Waals surface area contributed by atoms with Gasteiger partial charge in [-0.3, -0.25) is 14.9 Å². The van der Waals surface area contributed by atoms with Gasteiger partial charge in [-0.2, -0.15) is 13.2 Å². The van der Waals surface area contributed by atoms with Crippen molar-refractivity contribution in [2.75, 3.05) is 25.5 Å². The molecule has 0 spiro atoms. The second-order valence-electron chi connectivity index (χ2n) is 6.23. The quantitative estimate of drug-likeness (QED) is 0.556. The first-order valence-corrected chi connectivity index (χ1v) is 8.40. The molecule has 1 aromatic carbocycles. The van der Waals surface area contributed by atoms with Crippen LogP contribution in [0.2, 0.25) is 0 Å². The minimum atomic E-state index is -4.59. The average Bonchev–Trinajstić information content (AvgIpc) is 2.53. The number of alkyl halides is 3. The molecule has 4 N–H and O–H groups in total. The Kier molecular flexibility index (Phi) is 8.23. The van der Waals surface area contributed by atoms with Crippen LogP contribution in [0.5, 0.6) is 0 Å². The number of urea groups is 1. The van der Waals surface area contributed by atoms with E-state index in [1.165, 1.54) is 19.2 Å². The number of amides is 4. The van der Waals surface area contributed by atoms with Gasteiger partial charge in [0.15, 0.2) is 13.1 Å². The largest absolute Gasteiger partial charge is 0.418 e. The van der Waals surface area contributed by atoms with Crippen molar-refractivity contribution in [1.29, 1.82) is 0 Å². The van der Waals surface area contributed by atoms with E-state index in [1.54, 1.807) is 6.92 Å². The maximum Gasteiger partial charge on any atom is 0.418 e. The summed E-state index contributed by atoms with van der Waals surface area (Å²) in [4.78, 5) is 35.7. The van der Waals surface area contributed by atoms with Gasteiger partial charge in [-0.1, -0.05) is 19.1 Å². The van der Waals surface area contributed by atoms with Crippen LogP contribution in [0, 0.1) is 0 Å². The molecule has 1 rings (SSSR count). The molecule has 10 heteroatoms. The fraction of sp³-hybridized carbons (Fsp3) is 0.471. The van der Waals surface area contributed by atoms with Crippen LogP contribution in [0.3, 0.4) is 0 Å². The number of hydrogen-bond acceptors (Lipinski definition) is 3. The molecule has 0 aliphatic carbocycles. The number of carbonyl (C=O) groups is 3. The third kappa shape index (κ3) is 8.07. The van der Waals surface area contributed by atoms with Gasteiger partial charge >= 0.3 is 12.2 Å². The lowest BCUT2D eigenvalue weighted by molar-refractivity contribution is -0.862. The van der Waals surface area contributed by atoms with Crippen molar-refractivity contribution in [1.82, 2.24) is 10.6 Å². The van der Waals surface area contributed by atoms with E-state index in [0.717, 1.165) is 12.1 Å². The van der Waals surface area contributed by atoms with E-state index in [2.05, 4.69) is 16.0 Å². The topological polar surface area (TPSA) is 91.7 Å². The molecule has 1 unspecified atom stereocenters. The first-order valence-electron chi connectivity index (χ1n) is 8.40. The van der Waals surface area contributed by atoms with E-state index in [1.807, 2.05) is 6.92 Å². The molecule has 0 aromatic heterocycles. The molecule has 0 aliphatic heterocycles. The summed E-state index contributed by atoms with van der Waals surface area (Å²) in [6.07, 6.45) is -3.89. The molecule has 7 nitrogen and oxygen atoms in total. The first-order chi connectivity index (χ1) is 12.5. The number of quaternary nitrogens is 1. The lowest BCUT2D eigenvalue weighted by Gasteiger charge is -2.16. The number of carbonyl (C=O) groups excluding carboxylic acids is 3. The Bertz CT molecular complexity index is 680. The normalized spacial score (nSPS) is 13.4. The highest BCUT2D eigenvalue weighted by atomic mass is 19.4. The molecule has 0 saturated carbocycles. The standard InChI is InChI=1S/C17H23F3N4O3/c1-4-11(2)21-16(27)23-15(26)10-24(3)9-14(25)22-13-8-6-5-7-12(13)17(18,19)20/h5-8,11H,4,9-10H2,1-3H3,(H,22,25)(H2,21,23,26,27)/p+1/t11-/m1/s1. The van der Waals surface area contributed by atoms with Gasteiger partial charge < -0.3 is 15.5 Å². The summed E-state index contributed by atoms with van der Waals surface area (Å²) < 4.78 is 38.8. The zero-order valence-corrected chi connectivity index (χ0v) is 15.4. The van der Waals surface area contributed by atoms with E-state index in [0.29, 0.717) is 11.3 Å². The lowest BCUT2D eigenvalue weighted by Crippen LogP contribution is -3.11. The Hall–Kier alpha value is -2.62. The van der Waals surface area contributed by atoms with E-state index in [9.17, 15) is 27.6 Å². The van der Waals surface area contributed by atoms with Crippen molar-refractivity contribution < 1.29 is 32.5 Å². The highest BCUT2D eigenvalue weighted by Crippen LogP contribution is 2.34. The Morgan fingerprint density at radius 1 is 1.11 bits per heavy atom. The average molecular weight is 389 g/mol. The summed E-state index contributed by atoms with van der Waals surface area (Å²) in [6, 6.07) is 3.90. The summed E-state index contributed by atoms with van der Waals surface area (Å²) in [5.74, 6) is -1.28. The van der Waals surface area contributed by atoms with Gasteiger partial charge in [0.1, 0.15) is 0 Å². The molecule has 2 atom stereocenters. The Morgan fingerprint density at radius 3 is 2.30 bits per heavy atom.